The molecule has 0 unspecified atom stereocenters. The Labute approximate surface area is 112 Å². The first-order chi connectivity index (χ1) is 9.40. The van der Waals surface area contributed by atoms with Crippen molar-refractivity contribution < 1.29 is 4.74 Å². The largest absolute Gasteiger partial charge is 0.382 e. The van der Waals surface area contributed by atoms with E-state index in [4.69, 9.17) is 4.74 Å². The van der Waals surface area contributed by atoms with Crippen molar-refractivity contribution in [3.63, 3.8) is 0 Å². The fraction of sp³-hybridized carbons (Fsp3) is 0.615. The van der Waals surface area contributed by atoms with E-state index in [2.05, 4.69) is 24.9 Å². The fourth-order valence-electron chi connectivity index (χ4n) is 2.11. The molecule has 0 bridgehead atoms. The molecule has 1 aliphatic carbocycles. The number of nitrogens with one attached hydrogen (secondary N) is 1. The van der Waals surface area contributed by atoms with Crippen LogP contribution in [0, 0.1) is 0 Å². The van der Waals surface area contributed by atoms with E-state index in [9.17, 15) is 0 Å². The van der Waals surface area contributed by atoms with Gasteiger partial charge < -0.3 is 10.1 Å². The van der Waals surface area contributed by atoms with Crippen LogP contribution in [0.3, 0.4) is 0 Å². The molecule has 102 valence electrons. The maximum atomic E-state index is 5.31. The van der Waals surface area contributed by atoms with Crippen LogP contribution < -0.4 is 5.32 Å². The molecule has 1 N–H and O–H groups in total. The molecule has 0 aliphatic heterocycles. The van der Waals surface area contributed by atoms with Gasteiger partial charge >= 0.3 is 0 Å². The molecule has 1 saturated carbocycles. The van der Waals surface area contributed by atoms with Crippen LogP contribution in [-0.4, -0.2) is 39.3 Å². The van der Waals surface area contributed by atoms with E-state index in [1.54, 1.807) is 6.20 Å². The van der Waals surface area contributed by atoms with Crippen LogP contribution in [0.5, 0.6) is 0 Å². The standard InChI is InChI=1S/C13H19N5O/c1-2-19-9-3-6-14-11-13-17-16-12(10-4-5-10)18(13)8-7-15-11/h7-8,10H,2-6,9H2,1H3,(H,14,15). The van der Waals surface area contributed by atoms with E-state index in [-0.39, 0.29) is 0 Å². The maximum absolute atomic E-state index is 5.31. The van der Waals surface area contributed by atoms with Crippen LogP contribution >= 0.6 is 0 Å². The van der Waals surface area contributed by atoms with E-state index in [0.717, 1.165) is 43.5 Å². The summed E-state index contributed by atoms with van der Waals surface area (Å²) in [5.41, 5.74) is 0.820. The Balaban J connectivity index is 1.69. The predicted molar refractivity (Wildman–Crippen MR) is 72.4 cm³/mol. The number of hydrogen-bond donors (Lipinski definition) is 1. The third-order valence-corrected chi connectivity index (χ3v) is 3.26. The first kappa shape index (κ1) is 12.3. The molecule has 6 heteroatoms. The summed E-state index contributed by atoms with van der Waals surface area (Å²) in [6.45, 7) is 4.37. The molecule has 0 spiro atoms. The van der Waals surface area contributed by atoms with Gasteiger partial charge in [-0.05, 0) is 26.2 Å². The second-order valence-corrected chi connectivity index (χ2v) is 4.78. The summed E-state index contributed by atoms with van der Waals surface area (Å²) in [5, 5.41) is 11.8. The molecule has 1 aliphatic rings. The molecule has 0 aromatic carbocycles. The van der Waals surface area contributed by atoms with Gasteiger partial charge in [0, 0.05) is 38.1 Å². The van der Waals surface area contributed by atoms with Gasteiger partial charge in [0.15, 0.2) is 5.82 Å². The predicted octanol–water partition coefficient (Wildman–Crippen LogP) is 1.84. The number of nitrogens with zero attached hydrogens (tertiary/aromatic N) is 4. The molecule has 1 fully saturated rings. The molecule has 0 atom stereocenters. The molecule has 2 aromatic heterocycles. The highest BCUT2D eigenvalue weighted by Crippen LogP contribution is 2.39. The van der Waals surface area contributed by atoms with Gasteiger partial charge in [0.25, 0.3) is 0 Å². The van der Waals surface area contributed by atoms with Crippen molar-refractivity contribution in [2.45, 2.75) is 32.1 Å². The third kappa shape index (κ3) is 2.68. The summed E-state index contributed by atoms with van der Waals surface area (Å²) in [5.74, 6) is 2.45. The van der Waals surface area contributed by atoms with E-state index in [0.29, 0.717) is 5.92 Å². The van der Waals surface area contributed by atoms with Gasteiger partial charge in [0.1, 0.15) is 5.82 Å². The summed E-state index contributed by atoms with van der Waals surface area (Å²) in [6, 6.07) is 0. The van der Waals surface area contributed by atoms with Crippen molar-refractivity contribution >= 4 is 11.5 Å². The molecule has 0 radical (unpaired) electrons. The molecule has 19 heavy (non-hydrogen) atoms. The van der Waals surface area contributed by atoms with Gasteiger partial charge in [0.05, 0.1) is 0 Å². The van der Waals surface area contributed by atoms with Crippen LogP contribution in [0.15, 0.2) is 12.4 Å². The van der Waals surface area contributed by atoms with Gasteiger partial charge in [-0.3, -0.25) is 4.40 Å². The van der Waals surface area contributed by atoms with Crippen molar-refractivity contribution in [1.82, 2.24) is 19.6 Å². The van der Waals surface area contributed by atoms with Crippen molar-refractivity contribution in [3.8, 4) is 0 Å². The van der Waals surface area contributed by atoms with Gasteiger partial charge in [-0.1, -0.05) is 0 Å². The second-order valence-electron chi connectivity index (χ2n) is 4.78. The minimum Gasteiger partial charge on any atom is -0.382 e. The van der Waals surface area contributed by atoms with Crippen LogP contribution in [0.25, 0.3) is 5.65 Å². The van der Waals surface area contributed by atoms with E-state index >= 15 is 0 Å². The zero-order chi connectivity index (χ0) is 13.1. The minimum atomic E-state index is 0.586. The Hall–Kier alpha value is -1.69. The third-order valence-electron chi connectivity index (χ3n) is 3.26. The number of fused-ring (bicyclic) bond motifs is 1. The van der Waals surface area contributed by atoms with Crippen molar-refractivity contribution in [1.29, 1.82) is 0 Å². The lowest BCUT2D eigenvalue weighted by Crippen LogP contribution is -2.08. The van der Waals surface area contributed by atoms with E-state index in [1.807, 2.05) is 13.1 Å². The SMILES string of the molecule is CCOCCCNc1nccn2c(C3CC3)nnc12. The lowest BCUT2D eigenvalue weighted by atomic mass is 10.4. The molecule has 3 rings (SSSR count). The van der Waals surface area contributed by atoms with Gasteiger partial charge in [-0.25, -0.2) is 4.98 Å². The van der Waals surface area contributed by atoms with Crippen LogP contribution in [-0.2, 0) is 4.74 Å². The lowest BCUT2D eigenvalue weighted by molar-refractivity contribution is 0.147. The Kier molecular flexibility index (Phi) is 3.59. The van der Waals surface area contributed by atoms with Crippen molar-refractivity contribution in [3.05, 3.63) is 18.2 Å². The Bertz CT molecular complexity index is 549. The highest BCUT2D eigenvalue weighted by atomic mass is 16.5. The van der Waals surface area contributed by atoms with Gasteiger partial charge in [0.2, 0.25) is 5.65 Å². The molecular formula is C13H19N5O. The molecule has 0 saturated heterocycles. The van der Waals surface area contributed by atoms with Crippen LogP contribution in [0.2, 0.25) is 0 Å². The van der Waals surface area contributed by atoms with Crippen molar-refractivity contribution in [2.24, 2.45) is 0 Å². The fourth-order valence-corrected chi connectivity index (χ4v) is 2.11. The summed E-state index contributed by atoms with van der Waals surface area (Å²) in [6.07, 6.45) is 7.14. The Morgan fingerprint density at radius 1 is 1.42 bits per heavy atom. The monoisotopic (exact) mass is 261 g/mol. The van der Waals surface area contributed by atoms with Crippen LogP contribution in [0.4, 0.5) is 5.82 Å². The summed E-state index contributed by atoms with van der Waals surface area (Å²) < 4.78 is 7.36. The first-order valence-corrected chi connectivity index (χ1v) is 6.91. The highest BCUT2D eigenvalue weighted by Gasteiger charge is 2.29. The molecule has 2 aromatic rings. The van der Waals surface area contributed by atoms with E-state index < -0.39 is 0 Å². The van der Waals surface area contributed by atoms with Crippen molar-refractivity contribution in [2.75, 3.05) is 25.1 Å². The zero-order valence-electron chi connectivity index (χ0n) is 11.2. The normalized spacial score (nSPS) is 15.0. The smallest absolute Gasteiger partial charge is 0.203 e. The highest BCUT2D eigenvalue weighted by molar-refractivity contribution is 5.62. The molecular weight excluding hydrogens is 242 g/mol. The topological polar surface area (TPSA) is 64.3 Å². The number of ether oxygens (including phenoxy) is 1. The number of rotatable bonds is 7. The number of hydrogen-bond acceptors (Lipinski definition) is 5. The van der Waals surface area contributed by atoms with E-state index in [1.165, 1.54) is 12.8 Å². The quantitative estimate of drug-likeness (QED) is 0.770. The molecule has 0 amide bonds. The summed E-state index contributed by atoms with van der Waals surface area (Å²) in [7, 11) is 0. The summed E-state index contributed by atoms with van der Waals surface area (Å²) in [4.78, 5) is 4.34. The van der Waals surface area contributed by atoms with Gasteiger partial charge in [-0.2, -0.15) is 0 Å². The Morgan fingerprint density at radius 3 is 3.11 bits per heavy atom. The van der Waals surface area contributed by atoms with Crippen LogP contribution in [0.1, 0.15) is 37.9 Å². The molecule has 2 heterocycles. The average molecular weight is 261 g/mol. The molecule has 6 nitrogen and oxygen atoms in total. The first-order valence-electron chi connectivity index (χ1n) is 6.91. The Morgan fingerprint density at radius 2 is 2.32 bits per heavy atom. The minimum absolute atomic E-state index is 0.586. The zero-order valence-corrected chi connectivity index (χ0v) is 11.2. The summed E-state index contributed by atoms with van der Waals surface area (Å²) >= 11 is 0. The number of anilines is 1. The average Bonchev–Trinajstić information content (AvgIpc) is 3.18. The number of aromatic nitrogens is 4. The van der Waals surface area contributed by atoms with Gasteiger partial charge in [-0.15, -0.1) is 10.2 Å². The lowest BCUT2D eigenvalue weighted by Gasteiger charge is -2.06. The second kappa shape index (κ2) is 5.52. The maximum Gasteiger partial charge on any atom is 0.203 e.